The van der Waals surface area contributed by atoms with Crippen molar-refractivity contribution < 1.29 is 13.6 Å². The number of benzene rings is 1. The summed E-state index contributed by atoms with van der Waals surface area (Å²) >= 11 is 0. The molecular weight excluding hydrogens is 200 g/mol. The minimum absolute atomic E-state index is 0.0503. The highest BCUT2D eigenvalue weighted by Crippen LogP contribution is 2.12. The van der Waals surface area contributed by atoms with E-state index in [-0.39, 0.29) is 17.8 Å². The standard InChI is InChI=1S/C11H13F2NO/c1-14-6-5-9(15)7-8-3-2-4-10(12)11(8)13/h2-4,14H,5-7H2,1H3. The van der Waals surface area contributed by atoms with Crippen molar-refractivity contribution in [1.29, 1.82) is 0 Å². The molecular formula is C11H13F2NO. The number of hydrogen-bond acceptors (Lipinski definition) is 2. The Balaban J connectivity index is 2.64. The number of Topliss-reactive ketones (excluding diaryl/α,β-unsaturated/α-hetero) is 1. The molecule has 0 unspecified atom stereocenters. The molecule has 2 nitrogen and oxygen atoms in total. The van der Waals surface area contributed by atoms with Crippen LogP contribution in [-0.2, 0) is 11.2 Å². The first-order chi connectivity index (χ1) is 7.15. The van der Waals surface area contributed by atoms with Gasteiger partial charge in [0.15, 0.2) is 11.6 Å². The minimum Gasteiger partial charge on any atom is -0.319 e. The molecule has 0 saturated carbocycles. The van der Waals surface area contributed by atoms with Crippen LogP contribution in [0.1, 0.15) is 12.0 Å². The molecule has 82 valence electrons. The Hall–Kier alpha value is -1.29. The van der Waals surface area contributed by atoms with Gasteiger partial charge >= 0.3 is 0 Å². The second kappa shape index (κ2) is 5.56. The van der Waals surface area contributed by atoms with Crippen molar-refractivity contribution in [3.05, 3.63) is 35.4 Å². The number of ketones is 1. The van der Waals surface area contributed by atoms with Gasteiger partial charge < -0.3 is 5.32 Å². The largest absolute Gasteiger partial charge is 0.319 e. The number of carbonyl (C=O) groups is 1. The zero-order chi connectivity index (χ0) is 11.3. The molecule has 15 heavy (non-hydrogen) atoms. The quantitative estimate of drug-likeness (QED) is 0.806. The van der Waals surface area contributed by atoms with Gasteiger partial charge in [0.05, 0.1) is 0 Å². The zero-order valence-electron chi connectivity index (χ0n) is 8.52. The zero-order valence-corrected chi connectivity index (χ0v) is 8.52. The molecule has 4 heteroatoms. The summed E-state index contributed by atoms with van der Waals surface area (Å²) in [7, 11) is 1.73. The third kappa shape index (κ3) is 3.40. The van der Waals surface area contributed by atoms with Gasteiger partial charge in [0, 0.05) is 19.4 Å². The van der Waals surface area contributed by atoms with Crippen molar-refractivity contribution in [2.75, 3.05) is 13.6 Å². The molecule has 1 N–H and O–H groups in total. The summed E-state index contributed by atoms with van der Waals surface area (Å²) in [5.41, 5.74) is 0.121. The van der Waals surface area contributed by atoms with Crippen molar-refractivity contribution in [3.8, 4) is 0 Å². The Labute approximate surface area is 87.3 Å². The van der Waals surface area contributed by atoms with Crippen LogP contribution in [0.25, 0.3) is 0 Å². The van der Waals surface area contributed by atoms with Crippen molar-refractivity contribution >= 4 is 5.78 Å². The number of halogens is 2. The fourth-order valence-electron chi connectivity index (χ4n) is 1.25. The van der Waals surface area contributed by atoms with Crippen LogP contribution in [0.3, 0.4) is 0 Å². The van der Waals surface area contributed by atoms with Gasteiger partial charge in [-0.15, -0.1) is 0 Å². The van der Waals surface area contributed by atoms with Crippen molar-refractivity contribution in [2.24, 2.45) is 0 Å². The van der Waals surface area contributed by atoms with Crippen LogP contribution in [0.4, 0.5) is 8.78 Å². The molecule has 0 radical (unpaired) electrons. The van der Waals surface area contributed by atoms with Crippen LogP contribution < -0.4 is 5.32 Å². The summed E-state index contributed by atoms with van der Waals surface area (Å²) in [6, 6.07) is 3.87. The Morgan fingerprint density at radius 1 is 1.40 bits per heavy atom. The first-order valence-corrected chi connectivity index (χ1v) is 4.74. The lowest BCUT2D eigenvalue weighted by molar-refractivity contribution is -0.118. The lowest BCUT2D eigenvalue weighted by Gasteiger charge is -2.03. The normalized spacial score (nSPS) is 10.3. The fourth-order valence-corrected chi connectivity index (χ4v) is 1.25. The molecule has 0 atom stereocenters. The van der Waals surface area contributed by atoms with E-state index in [2.05, 4.69) is 5.32 Å². The second-order valence-electron chi connectivity index (χ2n) is 3.28. The van der Waals surface area contributed by atoms with Crippen LogP contribution in [0.2, 0.25) is 0 Å². The van der Waals surface area contributed by atoms with E-state index in [1.54, 1.807) is 7.05 Å². The van der Waals surface area contributed by atoms with Crippen molar-refractivity contribution in [1.82, 2.24) is 5.32 Å². The fraction of sp³-hybridized carbons (Fsp3) is 0.364. The molecule has 0 fully saturated rings. The maximum atomic E-state index is 13.1. The second-order valence-corrected chi connectivity index (χ2v) is 3.28. The smallest absolute Gasteiger partial charge is 0.162 e. The van der Waals surface area contributed by atoms with Crippen molar-refractivity contribution in [3.63, 3.8) is 0 Å². The molecule has 0 amide bonds. The van der Waals surface area contributed by atoms with Gasteiger partial charge in [-0.05, 0) is 18.7 Å². The Morgan fingerprint density at radius 2 is 2.13 bits per heavy atom. The lowest BCUT2D eigenvalue weighted by atomic mass is 10.1. The highest BCUT2D eigenvalue weighted by Gasteiger charge is 2.10. The molecule has 0 saturated heterocycles. The van der Waals surface area contributed by atoms with E-state index in [1.807, 2.05) is 0 Å². The molecule has 1 aromatic rings. The first-order valence-electron chi connectivity index (χ1n) is 4.74. The van der Waals surface area contributed by atoms with E-state index in [9.17, 15) is 13.6 Å². The van der Waals surface area contributed by atoms with Crippen LogP contribution in [0.15, 0.2) is 18.2 Å². The predicted molar refractivity (Wildman–Crippen MR) is 53.6 cm³/mol. The molecule has 0 aliphatic carbocycles. The maximum Gasteiger partial charge on any atom is 0.162 e. The van der Waals surface area contributed by atoms with E-state index in [0.29, 0.717) is 13.0 Å². The van der Waals surface area contributed by atoms with Gasteiger partial charge in [-0.2, -0.15) is 0 Å². The number of hydrogen-bond donors (Lipinski definition) is 1. The molecule has 0 aliphatic heterocycles. The van der Waals surface area contributed by atoms with E-state index in [4.69, 9.17) is 0 Å². The SMILES string of the molecule is CNCCC(=O)Cc1cccc(F)c1F. The minimum atomic E-state index is -0.921. The third-order valence-corrected chi connectivity index (χ3v) is 2.07. The van der Waals surface area contributed by atoms with E-state index < -0.39 is 11.6 Å². The predicted octanol–water partition coefficient (Wildman–Crippen LogP) is 1.69. The van der Waals surface area contributed by atoms with Gasteiger partial charge in [-0.1, -0.05) is 12.1 Å². The van der Waals surface area contributed by atoms with E-state index >= 15 is 0 Å². The molecule has 0 aliphatic rings. The van der Waals surface area contributed by atoms with E-state index in [0.717, 1.165) is 6.07 Å². The summed E-state index contributed by atoms with van der Waals surface area (Å²) in [4.78, 5) is 11.3. The molecule has 1 aromatic carbocycles. The van der Waals surface area contributed by atoms with Gasteiger partial charge in [-0.25, -0.2) is 8.78 Å². The first kappa shape index (κ1) is 11.8. The van der Waals surface area contributed by atoms with Gasteiger partial charge in [-0.3, -0.25) is 4.79 Å². The molecule has 0 aromatic heterocycles. The van der Waals surface area contributed by atoms with Gasteiger partial charge in [0.25, 0.3) is 0 Å². The summed E-state index contributed by atoms with van der Waals surface area (Å²) in [6.45, 7) is 0.551. The molecule has 1 rings (SSSR count). The highest BCUT2D eigenvalue weighted by atomic mass is 19.2. The lowest BCUT2D eigenvalue weighted by Crippen LogP contribution is -2.15. The summed E-state index contributed by atoms with van der Waals surface area (Å²) in [5.74, 6) is -1.93. The van der Waals surface area contributed by atoms with Crippen LogP contribution >= 0.6 is 0 Å². The molecule has 0 heterocycles. The van der Waals surface area contributed by atoms with Crippen LogP contribution in [0.5, 0.6) is 0 Å². The Bertz CT molecular complexity index is 352. The topological polar surface area (TPSA) is 29.1 Å². The summed E-state index contributed by atoms with van der Waals surface area (Å²) in [5, 5.41) is 2.82. The van der Waals surface area contributed by atoms with Gasteiger partial charge in [0.1, 0.15) is 5.78 Å². The van der Waals surface area contributed by atoms with Crippen molar-refractivity contribution in [2.45, 2.75) is 12.8 Å². The van der Waals surface area contributed by atoms with Gasteiger partial charge in [0.2, 0.25) is 0 Å². The average Bonchev–Trinajstić information content (AvgIpc) is 2.22. The highest BCUT2D eigenvalue weighted by molar-refractivity contribution is 5.81. The third-order valence-electron chi connectivity index (χ3n) is 2.07. The number of carbonyl (C=O) groups excluding carboxylic acids is 1. The Morgan fingerprint density at radius 3 is 2.80 bits per heavy atom. The average molecular weight is 213 g/mol. The van der Waals surface area contributed by atoms with Crippen LogP contribution in [-0.4, -0.2) is 19.4 Å². The Kier molecular flexibility index (Phi) is 4.37. The summed E-state index contributed by atoms with van der Waals surface area (Å²) < 4.78 is 25.9. The number of rotatable bonds is 5. The summed E-state index contributed by atoms with van der Waals surface area (Å²) in [6.07, 6.45) is 0.276. The monoisotopic (exact) mass is 213 g/mol. The van der Waals surface area contributed by atoms with E-state index in [1.165, 1.54) is 12.1 Å². The molecule has 0 bridgehead atoms. The molecule has 0 spiro atoms. The number of nitrogens with one attached hydrogen (secondary N) is 1. The maximum absolute atomic E-state index is 13.1. The van der Waals surface area contributed by atoms with Crippen LogP contribution in [0, 0.1) is 11.6 Å².